The van der Waals surface area contributed by atoms with Crippen LogP contribution in [0.4, 0.5) is 16.2 Å². The Labute approximate surface area is 182 Å². The van der Waals surface area contributed by atoms with Gasteiger partial charge in [0.05, 0.1) is 11.4 Å². The van der Waals surface area contributed by atoms with E-state index in [1.165, 1.54) is 0 Å². The summed E-state index contributed by atoms with van der Waals surface area (Å²) < 4.78 is 5.18. The number of nitrogens with one attached hydrogen (secondary N) is 2. The van der Waals surface area contributed by atoms with Crippen molar-refractivity contribution >= 4 is 23.4 Å². The molecule has 0 atom stereocenters. The van der Waals surface area contributed by atoms with E-state index in [1.54, 1.807) is 30.3 Å². The molecule has 6 heteroatoms. The Morgan fingerprint density at radius 1 is 0.935 bits per heavy atom. The minimum absolute atomic E-state index is 0.137. The fraction of sp³-hybridized carbons (Fsp3) is 0.200. The molecule has 0 aliphatic carbocycles. The summed E-state index contributed by atoms with van der Waals surface area (Å²) in [6.07, 6.45) is -0.454. The lowest BCUT2D eigenvalue weighted by atomic mass is 10.0. The number of hydrogen-bond donors (Lipinski definition) is 3. The Kier molecular flexibility index (Phi) is 7.27. The van der Waals surface area contributed by atoms with Crippen molar-refractivity contribution in [3.63, 3.8) is 0 Å². The number of alkyl carbamates (subject to hydrolysis) is 1. The number of carbonyl (C=O) groups is 2. The third-order valence-corrected chi connectivity index (χ3v) is 4.65. The number of amides is 2. The second-order valence-electron chi connectivity index (χ2n) is 7.67. The van der Waals surface area contributed by atoms with E-state index in [0.717, 1.165) is 16.7 Å². The fourth-order valence-electron chi connectivity index (χ4n) is 2.91. The molecule has 0 aliphatic rings. The summed E-state index contributed by atoms with van der Waals surface area (Å²) >= 11 is 0. The monoisotopic (exact) mass is 417 g/mol. The van der Waals surface area contributed by atoms with Crippen LogP contribution in [0.1, 0.15) is 29.8 Å². The first kappa shape index (κ1) is 21.9. The van der Waals surface area contributed by atoms with Crippen LogP contribution in [0.2, 0.25) is 0 Å². The number of carbonyl (C=O) groups excluding carboxylic acids is 2. The van der Waals surface area contributed by atoms with Crippen LogP contribution in [0.5, 0.6) is 0 Å². The number of hydrogen-bond acceptors (Lipinski definition) is 4. The Balaban J connectivity index is 1.61. The molecule has 3 aromatic carbocycles. The SMILES string of the molecule is CC(C)CNC(=O)OCc1ccc(C(=O)Nc2cc(-c3ccccc3)ccc2N)cc1. The second-order valence-corrected chi connectivity index (χ2v) is 7.67. The predicted octanol–water partition coefficient (Wildman–Crippen LogP) is 5.07. The van der Waals surface area contributed by atoms with Crippen molar-refractivity contribution in [1.29, 1.82) is 0 Å². The van der Waals surface area contributed by atoms with Crippen LogP contribution in [0.3, 0.4) is 0 Å². The van der Waals surface area contributed by atoms with Gasteiger partial charge in [0.25, 0.3) is 5.91 Å². The Bertz CT molecular complexity index is 1030. The molecule has 2 amide bonds. The molecule has 0 aromatic heterocycles. The van der Waals surface area contributed by atoms with Crippen LogP contribution >= 0.6 is 0 Å². The number of nitrogens with two attached hydrogens (primary N) is 1. The van der Waals surface area contributed by atoms with Gasteiger partial charge in [-0.05, 0) is 46.9 Å². The smallest absolute Gasteiger partial charge is 0.407 e. The highest BCUT2D eigenvalue weighted by molar-refractivity contribution is 6.06. The van der Waals surface area contributed by atoms with Crippen molar-refractivity contribution in [2.45, 2.75) is 20.5 Å². The van der Waals surface area contributed by atoms with Gasteiger partial charge in [-0.15, -0.1) is 0 Å². The van der Waals surface area contributed by atoms with Gasteiger partial charge in [-0.3, -0.25) is 4.79 Å². The molecule has 0 saturated heterocycles. The summed E-state index contributed by atoms with van der Waals surface area (Å²) in [5.41, 5.74) is 10.4. The van der Waals surface area contributed by atoms with Crippen molar-refractivity contribution < 1.29 is 14.3 Å². The topological polar surface area (TPSA) is 93.4 Å². The molecule has 3 aromatic rings. The van der Waals surface area contributed by atoms with E-state index in [0.29, 0.717) is 29.4 Å². The van der Waals surface area contributed by atoms with Gasteiger partial charge in [-0.25, -0.2) is 4.79 Å². The lowest BCUT2D eigenvalue weighted by molar-refractivity contribution is 0.102. The zero-order valence-corrected chi connectivity index (χ0v) is 17.7. The Hall–Kier alpha value is -3.80. The van der Waals surface area contributed by atoms with Crippen LogP contribution in [-0.2, 0) is 11.3 Å². The third kappa shape index (κ3) is 6.34. The first-order valence-corrected chi connectivity index (χ1v) is 10.2. The van der Waals surface area contributed by atoms with Gasteiger partial charge >= 0.3 is 6.09 Å². The minimum Gasteiger partial charge on any atom is -0.445 e. The summed E-state index contributed by atoms with van der Waals surface area (Å²) in [6, 6.07) is 22.3. The molecule has 0 spiro atoms. The first-order valence-electron chi connectivity index (χ1n) is 10.2. The summed E-state index contributed by atoms with van der Waals surface area (Å²) in [5, 5.41) is 5.57. The van der Waals surface area contributed by atoms with Gasteiger partial charge < -0.3 is 21.1 Å². The largest absolute Gasteiger partial charge is 0.445 e. The molecule has 0 fully saturated rings. The molecule has 0 radical (unpaired) electrons. The van der Waals surface area contributed by atoms with Crippen LogP contribution in [-0.4, -0.2) is 18.5 Å². The predicted molar refractivity (Wildman–Crippen MR) is 124 cm³/mol. The van der Waals surface area contributed by atoms with Crippen molar-refractivity contribution in [3.05, 3.63) is 83.9 Å². The quantitative estimate of drug-likeness (QED) is 0.468. The summed E-state index contributed by atoms with van der Waals surface area (Å²) in [6.45, 7) is 4.72. The molecule has 0 bridgehead atoms. The van der Waals surface area contributed by atoms with Gasteiger partial charge in [0.2, 0.25) is 0 Å². The number of ether oxygens (including phenoxy) is 1. The molecule has 4 N–H and O–H groups in total. The van der Waals surface area contributed by atoms with E-state index in [9.17, 15) is 9.59 Å². The lowest BCUT2D eigenvalue weighted by Crippen LogP contribution is -2.27. The zero-order chi connectivity index (χ0) is 22.2. The molecular weight excluding hydrogens is 390 g/mol. The van der Waals surface area contributed by atoms with Crippen LogP contribution in [0, 0.1) is 5.92 Å². The molecule has 3 rings (SSSR count). The summed E-state index contributed by atoms with van der Waals surface area (Å²) in [4.78, 5) is 24.3. The number of nitrogen functional groups attached to an aromatic ring is 1. The Morgan fingerprint density at radius 3 is 2.32 bits per heavy atom. The van der Waals surface area contributed by atoms with Crippen molar-refractivity contribution in [2.24, 2.45) is 5.92 Å². The molecule has 0 heterocycles. The third-order valence-electron chi connectivity index (χ3n) is 4.65. The van der Waals surface area contributed by atoms with E-state index in [4.69, 9.17) is 10.5 Å². The molecule has 0 saturated carbocycles. The lowest BCUT2D eigenvalue weighted by Gasteiger charge is -2.11. The maximum Gasteiger partial charge on any atom is 0.407 e. The second kappa shape index (κ2) is 10.3. The van der Waals surface area contributed by atoms with Gasteiger partial charge in [-0.1, -0.05) is 62.4 Å². The molecule has 0 aliphatic heterocycles. The fourth-order valence-corrected chi connectivity index (χ4v) is 2.91. The van der Waals surface area contributed by atoms with E-state index in [1.807, 2.05) is 56.3 Å². The molecule has 31 heavy (non-hydrogen) atoms. The molecular formula is C25H27N3O3. The zero-order valence-electron chi connectivity index (χ0n) is 17.7. The summed E-state index contributed by atoms with van der Waals surface area (Å²) in [5.74, 6) is 0.0897. The Morgan fingerprint density at radius 2 is 1.65 bits per heavy atom. The van der Waals surface area contributed by atoms with Crippen LogP contribution in [0.15, 0.2) is 72.8 Å². The standard InChI is InChI=1S/C25H27N3O3/c1-17(2)15-27-25(30)31-16-18-8-10-20(11-9-18)24(29)28-23-14-21(12-13-22(23)26)19-6-4-3-5-7-19/h3-14,17H,15-16,26H2,1-2H3,(H,27,30)(H,28,29). The van der Waals surface area contributed by atoms with Crippen molar-refractivity contribution in [2.75, 3.05) is 17.6 Å². The maximum absolute atomic E-state index is 12.7. The first-order chi connectivity index (χ1) is 14.9. The minimum atomic E-state index is -0.454. The molecule has 6 nitrogen and oxygen atoms in total. The highest BCUT2D eigenvalue weighted by Gasteiger charge is 2.10. The number of anilines is 2. The number of benzene rings is 3. The van der Waals surface area contributed by atoms with Gasteiger partial charge in [0.15, 0.2) is 0 Å². The maximum atomic E-state index is 12.7. The highest BCUT2D eigenvalue weighted by Crippen LogP contribution is 2.27. The average molecular weight is 418 g/mol. The van der Waals surface area contributed by atoms with Crippen LogP contribution < -0.4 is 16.4 Å². The van der Waals surface area contributed by atoms with Crippen molar-refractivity contribution in [3.8, 4) is 11.1 Å². The van der Waals surface area contributed by atoms with Crippen molar-refractivity contribution in [1.82, 2.24) is 5.32 Å². The molecule has 160 valence electrons. The normalized spacial score (nSPS) is 10.5. The van der Waals surface area contributed by atoms with E-state index >= 15 is 0 Å². The number of rotatable bonds is 7. The molecule has 0 unspecified atom stereocenters. The van der Waals surface area contributed by atoms with E-state index < -0.39 is 6.09 Å². The van der Waals surface area contributed by atoms with Crippen LogP contribution in [0.25, 0.3) is 11.1 Å². The highest BCUT2D eigenvalue weighted by atomic mass is 16.5. The van der Waals surface area contributed by atoms with E-state index in [-0.39, 0.29) is 12.5 Å². The van der Waals surface area contributed by atoms with Gasteiger partial charge in [0.1, 0.15) is 6.61 Å². The summed E-state index contributed by atoms with van der Waals surface area (Å²) in [7, 11) is 0. The van der Waals surface area contributed by atoms with E-state index in [2.05, 4.69) is 10.6 Å². The van der Waals surface area contributed by atoms with Gasteiger partial charge in [0, 0.05) is 12.1 Å². The average Bonchev–Trinajstić information content (AvgIpc) is 2.78. The van der Waals surface area contributed by atoms with Gasteiger partial charge in [-0.2, -0.15) is 0 Å².